The smallest absolute Gasteiger partial charge is 0.257 e. The Kier molecular flexibility index (Phi) is 5.95. The van der Waals surface area contributed by atoms with Crippen LogP contribution in [0, 0.1) is 0 Å². The van der Waals surface area contributed by atoms with Crippen LogP contribution in [0.2, 0.25) is 0 Å². The summed E-state index contributed by atoms with van der Waals surface area (Å²) in [6, 6.07) is 24.7. The molecule has 170 valence electrons. The Balaban J connectivity index is 1.57. The van der Waals surface area contributed by atoms with Crippen molar-refractivity contribution in [2.75, 3.05) is 5.32 Å². The van der Waals surface area contributed by atoms with E-state index in [0.717, 1.165) is 30.0 Å². The number of nitrogens with zero attached hydrogens (tertiary/aromatic N) is 4. The Morgan fingerprint density at radius 2 is 1.59 bits per heavy atom. The van der Waals surface area contributed by atoms with Crippen molar-refractivity contribution in [3.05, 3.63) is 119 Å². The molecule has 34 heavy (non-hydrogen) atoms. The average Bonchev–Trinajstić information content (AvgIpc) is 3.49. The van der Waals surface area contributed by atoms with Gasteiger partial charge in [-0.2, -0.15) is 5.10 Å². The lowest BCUT2D eigenvalue weighted by molar-refractivity contribution is 0.102. The number of rotatable bonds is 7. The van der Waals surface area contributed by atoms with Crippen LogP contribution in [-0.4, -0.2) is 25.1 Å². The number of fused-ring (bicyclic) bond motifs is 1. The van der Waals surface area contributed by atoms with Crippen LogP contribution in [0.5, 0.6) is 0 Å². The summed E-state index contributed by atoms with van der Waals surface area (Å²) in [4.78, 5) is 18.0. The zero-order valence-corrected chi connectivity index (χ0v) is 19.3. The molecule has 1 N–H and O–H groups in total. The van der Waals surface area contributed by atoms with E-state index in [4.69, 9.17) is 4.98 Å². The number of carbonyl (C=O) groups excluding carboxylic acids is 1. The maximum absolute atomic E-state index is 13.0. The number of aryl methyl sites for hydroxylation is 2. The Morgan fingerprint density at radius 1 is 0.912 bits per heavy atom. The van der Waals surface area contributed by atoms with Crippen LogP contribution >= 0.6 is 0 Å². The predicted octanol–water partition coefficient (Wildman–Crippen LogP) is 5.55. The molecule has 0 radical (unpaired) electrons. The summed E-state index contributed by atoms with van der Waals surface area (Å²) < 4.78 is 3.84. The molecular weight excluding hydrogens is 422 g/mol. The first-order valence-electron chi connectivity index (χ1n) is 11.6. The Labute approximate surface area is 198 Å². The summed E-state index contributed by atoms with van der Waals surface area (Å²) in [5, 5.41) is 7.17. The minimum Gasteiger partial charge on any atom is -0.319 e. The molecule has 3 heterocycles. The maximum Gasteiger partial charge on any atom is 0.257 e. The molecule has 6 nitrogen and oxygen atoms in total. The third kappa shape index (κ3) is 4.10. The van der Waals surface area contributed by atoms with E-state index in [1.54, 1.807) is 10.9 Å². The summed E-state index contributed by atoms with van der Waals surface area (Å²) in [5.74, 6) is -0.160. The quantitative estimate of drug-likeness (QED) is 0.355. The third-order valence-electron chi connectivity index (χ3n) is 6.10. The van der Waals surface area contributed by atoms with Gasteiger partial charge in [0.05, 0.1) is 29.1 Å². The van der Waals surface area contributed by atoms with E-state index in [9.17, 15) is 4.79 Å². The highest BCUT2D eigenvalue weighted by molar-refractivity contribution is 6.04. The van der Waals surface area contributed by atoms with Gasteiger partial charge in [0.25, 0.3) is 5.91 Å². The highest BCUT2D eigenvalue weighted by Gasteiger charge is 2.24. The van der Waals surface area contributed by atoms with Gasteiger partial charge < -0.3 is 9.72 Å². The number of amides is 1. The first-order chi connectivity index (χ1) is 16.7. The lowest BCUT2D eigenvalue weighted by Crippen LogP contribution is -2.12. The molecule has 6 heteroatoms. The van der Waals surface area contributed by atoms with Crippen LogP contribution in [0.3, 0.4) is 0 Å². The van der Waals surface area contributed by atoms with Gasteiger partial charge in [0.15, 0.2) is 0 Å². The minimum atomic E-state index is -0.169. The fourth-order valence-corrected chi connectivity index (χ4v) is 4.43. The van der Waals surface area contributed by atoms with Crippen LogP contribution < -0.4 is 5.32 Å². The van der Waals surface area contributed by atoms with Crippen molar-refractivity contribution in [3.8, 4) is 0 Å². The lowest BCUT2D eigenvalue weighted by Gasteiger charge is -2.18. The normalized spacial score (nSPS) is 11.3. The summed E-state index contributed by atoms with van der Waals surface area (Å²) >= 11 is 0. The number of hydrogen-bond acceptors (Lipinski definition) is 3. The highest BCUT2D eigenvalue weighted by atomic mass is 16.1. The van der Waals surface area contributed by atoms with Crippen LogP contribution in [-0.2, 0) is 13.0 Å². The zero-order chi connectivity index (χ0) is 23.5. The van der Waals surface area contributed by atoms with Gasteiger partial charge in [-0.3, -0.25) is 9.48 Å². The van der Waals surface area contributed by atoms with Crippen molar-refractivity contribution >= 4 is 17.2 Å². The topological polar surface area (TPSA) is 64.2 Å². The van der Waals surface area contributed by atoms with Crippen molar-refractivity contribution in [2.45, 2.75) is 32.7 Å². The molecule has 0 saturated heterocycles. The first kappa shape index (κ1) is 21.6. The molecule has 0 aliphatic carbocycles. The molecule has 1 amide bonds. The fraction of sp³-hybridized carbons (Fsp3) is 0.179. The second kappa shape index (κ2) is 9.35. The van der Waals surface area contributed by atoms with E-state index in [-0.39, 0.29) is 11.8 Å². The van der Waals surface area contributed by atoms with Gasteiger partial charge in [-0.15, -0.1) is 0 Å². The minimum absolute atomic E-state index is 0.00871. The molecule has 0 bridgehead atoms. The Morgan fingerprint density at radius 3 is 2.18 bits per heavy atom. The van der Waals surface area contributed by atoms with E-state index in [1.165, 1.54) is 11.1 Å². The predicted molar refractivity (Wildman–Crippen MR) is 134 cm³/mol. The first-order valence-corrected chi connectivity index (χ1v) is 11.6. The number of hydrogen-bond donors (Lipinski definition) is 1. The number of carbonyl (C=O) groups is 1. The molecule has 3 aromatic heterocycles. The van der Waals surface area contributed by atoms with E-state index >= 15 is 0 Å². The van der Waals surface area contributed by atoms with Crippen LogP contribution in [0.4, 0.5) is 5.69 Å². The number of nitrogens with one attached hydrogen (secondary N) is 1. The number of aromatic nitrogens is 4. The highest BCUT2D eigenvalue weighted by Crippen LogP contribution is 2.34. The van der Waals surface area contributed by atoms with Crippen molar-refractivity contribution in [3.63, 3.8) is 0 Å². The van der Waals surface area contributed by atoms with E-state index in [0.29, 0.717) is 11.3 Å². The summed E-state index contributed by atoms with van der Waals surface area (Å²) in [7, 11) is 0. The van der Waals surface area contributed by atoms with Crippen molar-refractivity contribution < 1.29 is 4.79 Å². The van der Waals surface area contributed by atoms with Gasteiger partial charge in [0.1, 0.15) is 5.65 Å². The number of imidazole rings is 1. The van der Waals surface area contributed by atoms with Crippen molar-refractivity contribution in [1.29, 1.82) is 0 Å². The van der Waals surface area contributed by atoms with E-state index in [1.807, 2.05) is 43.6 Å². The monoisotopic (exact) mass is 449 g/mol. The molecule has 5 rings (SSSR count). The largest absolute Gasteiger partial charge is 0.319 e. The molecule has 0 spiro atoms. The number of benzene rings is 2. The number of pyridine rings is 1. The van der Waals surface area contributed by atoms with Gasteiger partial charge >= 0.3 is 0 Å². The molecule has 0 unspecified atom stereocenters. The molecular formula is C28H27N5O. The molecule has 0 fully saturated rings. The second-order valence-corrected chi connectivity index (χ2v) is 8.24. The van der Waals surface area contributed by atoms with Crippen molar-refractivity contribution in [2.24, 2.45) is 0 Å². The average molecular weight is 450 g/mol. The third-order valence-corrected chi connectivity index (χ3v) is 6.10. The van der Waals surface area contributed by atoms with Crippen LogP contribution in [0.15, 0.2) is 91.4 Å². The fourth-order valence-electron chi connectivity index (χ4n) is 4.43. The Bertz CT molecular complexity index is 1380. The van der Waals surface area contributed by atoms with Gasteiger partial charge in [0.2, 0.25) is 0 Å². The van der Waals surface area contributed by atoms with Gasteiger partial charge in [0, 0.05) is 24.6 Å². The number of anilines is 1. The zero-order valence-electron chi connectivity index (χ0n) is 19.3. The Hall–Kier alpha value is -4.19. The summed E-state index contributed by atoms with van der Waals surface area (Å²) in [6.45, 7) is 4.89. The van der Waals surface area contributed by atoms with Gasteiger partial charge in [-0.25, -0.2) is 4.98 Å². The SMILES string of the molecule is CCc1c(C(c2ccccc2)c2ccccc2)nc2ccc(C(=O)Nc3cnn(CC)c3)cn12. The molecule has 0 aliphatic rings. The van der Waals surface area contributed by atoms with Gasteiger partial charge in [-0.1, -0.05) is 67.6 Å². The van der Waals surface area contributed by atoms with Crippen LogP contribution in [0.25, 0.3) is 5.65 Å². The van der Waals surface area contributed by atoms with E-state index < -0.39 is 0 Å². The maximum atomic E-state index is 13.0. The molecule has 0 saturated carbocycles. The van der Waals surface area contributed by atoms with Crippen molar-refractivity contribution in [1.82, 2.24) is 19.2 Å². The second-order valence-electron chi connectivity index (χ2n) is 8.24. The summed E-state index contributed by atoms with van der Waals surface area (Å²) in [5.41, 5.74) is 6.59. The molecule has 0 atom stereocenters. The van der Waals surface area contributed by atoms with Crippen LogP contribution in [0.1, 0.15) is 52.6 Å². The molecule has 2 aromatic carbocycles. The summed E-state index contributed by atoms with van der Waals surface area (Å²) in [6.07, 6.45) is 6.17. The van der Waals surface area contributed by atoms with Gasteiger partial charge in [-0.05, 0) is 36.6 Å². The standard InChI is InChI=1S/C28H27N5O/c1-3-24-27(26(20-11-7-5-8-12-20)21-13-9-6-10-14-21)31-25-16-15-22(18-33(24)25)28(34)30-23-17-29-32(4-2)19-23/h5-19,26H,3-4H2,1-2H3,(H,30,34). The molecule has 5 aromatic rings. The van der Waals surface area contributed by atoms with E-state index in [2.05, 4.69) is 70.3 Å². The molecule has 0 aliphatic heterocycles. The lowest BCUT2D eigenvalue weighted by atomic mass is 9.87.